The van der Waals surface area contributed by atoms with Gasteiger partial charge in [0, 0.05) is 19.5 Å². The largest absolute Gasteiger partial charge is 0.448 e. The van der Waals surface area contributed by atoms with Crippen molar-refractivity contribution in [3.63, 3.8) is 0 Å². The van der Waals surface area contributed by atoms with E-state index in [9.17, 15) is 4.79 Å². The van der Waals surface area contributed by atoms with Crippen molar-refractivity contribution in [1.29, 1.82) is 0 Å². The van der Waals surface area contributed by atoms with Gasteiger partial charge >= 0.3 is 0 Å². The fourth-order valence-corrected chi connectivity index (χ4v) is 2.47. The molecule has 20 heavy (non-hydrogen) atoms. The first-order valence-corrected chi connectivity index (χ1v) is 6.71. The molecule has 3 rings (SSSR count). The summed E-state index contributed by atoms with van der Waals surface area (Å²) < 4.78 is 10.4. The Morgan fingerprint density at radius 3 is 3.10 bits per heavy atom. The van der Waals surface area contributed by atoms with Gasteiger partial charge in [0.05, 0.1) is 5.92 Å². The van der Waals surface area contributed by atoms with Crippen LogP contribution >= 0.6 is 0 Å². The molecule has 7 nitrogen and oxygen atoms in total. The van der Waals surface area contributed by atoms with Crippen LogP contribution in [0, 0.1) is 6.92 Å². The predicted octanol–water partition coefficient (Wildman–Crippen LogP) is 1.56. The van der Waals surface area contributed by atoms with Gasteiger partial charge in [-0.1, -0.05) is 12.1 Å². The van der Waals surface area contributed by atoms with Crippen LogP contribution < -0.4 is 0 Å². The van der Waals surface area contributed by atoms with E-state index in [1.807, 2.05) is 6.92 Å². The molecule has 0 radical (unpaired) electrons. The van der Waals surface area contributed by atoms with E-state index in [-0.39, 0.29) is 11.8 Å². The van der Waals surface area contributed by atoms with Crippen molar-refractivity contribution in [3.05, 3.63) is 29.6 Å². The quantitative estimate of drug-likeness (QED) is 0.845. The molecule has 1 aliphatic heterocycles. The van der Waals surface area contributed by atoms with E-state index in [1.165, 1.54) is 6.39 Å². The summed E-state index contributed by atoms with van der Waals surface area (Å²) in [5.74, 6) is 1.88. The lowest BCUT2D eigenvalue weighted by atomic mass is 10.1. The van der Waals surface area contributed by atoms with Gasteiger partial charge in [-0.15, -0.1) is 0 Å². The van der Waals surface area contributed by atoms with Crippen LogP contribution in [0.3, 0.4) is 0 Å². The van der Waals surface area contributed by atoms with E-state index in [4.69, 9.17) is 8.94 Å². The molecule has 0 bridgehead atoms. The molecule has 0 aromatic carbocycles. The van der Waals surface area contributed by atoms with Crippen LogP contribution in [0.5, 0.6) is 0 Å². The van der Waals surface area contributed by atoms with Crippen molar-refractivity contribution in [1.82, 2.24) is 20.0 Å². The second kappa shape index (κ2) is 5.07. The van der Waals surface area contributed by atoms with Crippen molar-refractivity contribution in [2.24, 2.45) is 0 Å². The molecule has 1 saturated heterocycles. The number of aromatic nitrogens is 3. The van der Waals surface area contributed by atoms with Crippen LogP contribution in [0.2, 0.25) is 0 Å². The molecular weight excluding hydrogens is 260 g/mol. The Balaban J connectivity index is 1.72. The van der Waals surface area contributed by atoms with Gasteiger partial charge in [-0.3, -0.25) is 4.79 Å². The Kier molecular flexibility index (Phi) is 3.25. The molecule has 3 heterocycles. The summed E-state index contributed by atoms with van der Waals surface area (Å²) in [6, 6.07) is 0. The highest BCUT2D eigenvalue weighted by molar-refractivity contribution is 5.93. The summed E-state index contributed by atoms with van der Waals surface area (Å²) in [4.78, 5) is 22.4. The van der Waals surface area contributed by atoms with Crippen LogP contribution in [0.25, 0.3) is 0 Å². The number of aryl methyl sites for hydroxylation is 2. The molecule has 106 valence electrons. The van der Waals surface area contributed by atoms with E-state index in [0.29, 0.717) is 42.7 Å². The second-order valence-corrected chi connectivity index (χ2v) is 4.89. The number of likely N-dealkylation sites (tertiary alicyclic amines) is 1. The lowest BCUT2D eigenvalue weighted by Gasteiger charge is -2.14. The number of amides is 1. The average Bonchev–Trinajstić information content (AvgIpc) is 3.17. The highest BCUT2D eigenvalue weighted by Crippen LogP contribution is 2.27. The van der Waals surface area contributed by atoms with Crippen LogP contribution in [0.4, 0.5) is 0 Å². The zero-order valence-corrected chi connectivity index (χ0v) is 11.5. The van der Waals surface area contributed by atoms with Gasteiger partial charge in [-0.25, -0.2) is 4.98 Å². The summed E-state index contributed by atoms with van der Waals surface area (Å²) in [6.07, 6.45) is 2.80. The minimum absolute atomic E-state index is 0.0886. The Labute approximate surface area is 116 Å². The molecule has 0 aliphatic carbocycles. The van der Waals surface area contributed by atoms with Gasteiger partial charge in [0.25, 0.3) is 5.91 Å². The van der Waals surface area contributed by atoms with Crippen molar-refractivity contribution < 1.29 is 13.7 Å². The number of rotatable bonds is 3. The van der Waals surface area contributed by atoms with Gasteiger partial charge in [-0.05, 0) is 13.3 Å². The van der Waals surface area contributed by atoms with Gasteiger partial charge in [-0.2, -0.15) is 4.98 Å². The lowest BCUT2D eigenvalue weighted by Crippen LogP contribution is -2.29. The van der Waals surface area contributed by atoms with Crippen LogP contribution in [-0.2, 0) is 6.42 Å². The van der Waals surface area contributed by atoms with Gasteiger partial charge in [0.1, 0.15) is 5.76 Å². The molecule has 0 unspecified atom stereocenters. The molecule has 0 spiro atoms. The van der Waals surface area contributed by atoms with E-state index in [0.717, 1.165) is 6.42 Å². The molecule has 1 aliphatic rings. The first kappa shape index (κ1) is 12.8. The average molecular weight is 276 g/mol. The first-order valence-electron chi connectivity index (χ1n) is 6.71. The number of carbonyl (C=O) groups excluding carboxylic acids is 1. The third kappa shape index (κ3) is 2.19. The molecule has 2 aromatic heterocycles. The fraction of sp³-hybridized carbons (Fsp3) is 0.538. The Morgan fingerprint density at radius 2 is 2.40 bits per heavy atom. The zero-order chi connectivity index (χ0) is 14.1. The summed E-state index contributed by atoms with van der Waals surface area (Å²) in [7, 11) is 0. The Hall–Kier alpha value is -2.18. The fourth-order valence-electron chi connectivity index (χ4n) is 2.47. The number of nitrogens with zero attached hydrogens (tertiary/aromatic N) is 4. The number of carbonyl (C=O) groups is 1. The smallest absolute Gasteiger partial charge is 0.276 e. The minimum atomic E-state index is -0.0886. The maximum absolute atomic E-state index is 12.4. The summed E-state index contributed by atoms with van der Waals surface area (Å²) in [6.45, 7) is 4.97. The summed E-state index contributed by atoms with van der Waals surface area (Å²) in [5.41, 5.74) is 0.412. The van der Waals surface area contributed by atoms with E-state index < -0.39 is 0 Å². The molecule has 2 aromatic rings. The third-order valence-corrected chi connectivity index (χ3v) is 3.53. The molecule has 1 atom stereocenters. The van der Waals surface area contributed by atoms with Crippen molar-refractivity contribution >= 4 is 5.91 Å². The molecule has 1 fully saturated rings. The van der Waals surface area contributed by atoms with Gasteiger partial charge in [0.2, 0.25) is 5.89 Å². The standard InChI is InChI=1S/C13H16N4O3/c1-3-10-11(14-7-19-10)13(18)17-5-4-9(6-17)12-15-8(2)16-20-12/h7,9H,3-6H2,1-2H3/t9-/m1/s1. The van der Waals surface area contributed by atoms with Gasteiger partial charge < -0.3 is 13.8 Å². The molecule has 0 N–H and O–H groups in total. The molecule has 7 heteroatoms. The number of hydrogen-bond acceptors (Lipinski definition) is 6. The lowest BCUT2D eigenvalue weighted by molar-refractivity contribution is 0.0782. The summed E-state index contributed by atoms with van der Waals surface area (Å²) >= 11 is 0. The SMILES string of the molecule is CCc1ocnc1C(=O)N1CC[C@@H](c2nc(C)no2)C1. The molecule has 0 saturated carbocycles. The normalized spacial score (nSPS) is 18.7. The van der Waals surface area contributed by atoms with Gasteiger partial charge in [0.15, 0.2) is 17.9 Å². The number of hydrogen-bond donors (Lipinski definition) is 0. The van der Waals surface area contributed by atoms with Crippen molar-refractivity contribution in [2.75, 3.05) is 13.1 Å². The maximum Gasteiger partial charge on any atom is 0.276 e. The zero-order valence-electron chi connectivity index (χ0n) is 11.5. The highest BCUT2D eigenvalue weighted by atomic mass is 16.5. The third-order valence-electron chi connectivity index (χ3n) is 3.53. The highest BCUT2D eigenvalue weighted by Gasteiger charge is 2.33. The topological polar surface area (TPSA) is 85.3 Å². The van der Waals surface area contributed by atoms with E-state index in [2.05, 4.69) is 15.1 Å². The summed E-state index contributed by atoms with van der Waals surface area (Å²) in [5, 5.41) is 3.79. The second-order valence-electron chi connectivity index (χ2n) is 4.89. The molecular formula is C13H16N4O3. The Morgan fingerprint density at radius 1 is 1.55 bits per heavy atom. The van der Waals surface area contributed by atoms with E-state index in [1.54, 1.807) is 11.8 Å². The molecule has 1 amide bonds. The van der Waals surface area contributed by atoms with Crippen LogP contribution in [0.15, 0.2) is 15.3 Å². The first-order chi connectivity index (χ1) is 9.69. The van der Waals surface area contributed by atoms with Crippen LogP contribution in [0.1, 0.15) is 47.2 Å². The van der Waals surface area contributed by atoms with Crippen molar-refractivity contribution in [2.45, 2.75) is 32.6 Å². The Bertz CT molecular complexity index is 619. The number of oxazole rings is 1. The van der Waals surface area contributed by atoms with Crippen molar-refractivity contribution in [3.8, 4) is 0 Å². The monoisotopic (exact) mass is 276 g/mol. The predicted molar refractivity (Wildman–Crippen MR) is 68.2 cm³/mol. The van der Waals surface area contributed by atoms with Crippen LogP contribution in [-0.4, -0.2) is 39.0 Å². The maximum atomic E-state index is 12.4. The minimum Gasteiger partial charge on any atom is -0.448 e. The van der Waals surface area contributed by atoms with E-state index >= 15 is 0 Å².